The van der Waals surface area contributed by atoms with Crippen molar-refractivity contribution < 1.29 is 27.6 Å². The van der Waals surface area contributed by atoms with Gasteiger partial charge in [-0.25, -0.2) is 5.43 Å². The molecule has 0 radical (unpaired) electrons. The van der Waals surface area contributed by atoms with Gasteiger partial charge in [0.15, 0.2) is 0 Å². The van der Waals surface area contributed by atoms with E-state index in [9.17, 15) is 27.6 Å². The minimum Gasteiger partial charge on any atom is -0.343 e. The van der Waals surface area contributed by atoms with Crippen molar-refractivity contribution in [3.05, 3.63) is 71.9 Å². The third-order valence-corrected chi connectivity index (χ3v) is 7.29. The highest BCUT2D eigenvalue weighted by Gasteiger charge is 2.31. The second kappa shape index (κ2) is 16.2. The lowest BCUT2D eigenvalue weighted by molar-refractivity contribution is -0.137. The molecule has 0 bridgehead atoms. The van der Waals surface area contributed by atoms with Crippen LogP contribution in [-0.4, -0.2) is 60.0 Å². The Hall–Kier alpha value is -4.15. The van der Waals surface area contributed by atoms with Gasteiger partial charge in [-0.3, -0.25) is 24.8 Å². The van der Waals surface area contributed by atoms with Crippen LogP contribution in [0.3, 0.4) is 0 Å². The molecule has 1 heterocycles. The number of nitrogens with two attached hydrogens (primary N) is 4. The van der Waals surface area contributed by atoms with Crippen molar-refractivity contribution >= 4 is 34.3 Å². The summed E-state index contributed by atoms with van der Waals surface area (Å²) in [5, 5.41) is 5.99. The van der Waals surface area contributed by atoms with Crippen LogP contribution in [-0.2, 0) is 27.0 Å². The molecule has 1 aromatic heterocycles. The topological polar surface area (TPSA) is 216 Å². The summed E-state index contributed by atoms with van der Waals surface area (Å²) in [6.07, 6.45) is -2.22. The van der Waals surface area contributed by atoms with Crippen molar-refractivity contribution in [2.75, 3.05) is 25.0 Å². The predicted octanol–water partition coefficient (Wildman–Crippen LogP) is 1.04. The zero-order chi connectivity index (χ0) is 33.0. The maximum Gasteiger partial charge on any atom is 0.416 e. The quantitative estimate of drug-likeness (QED) is 0.106. The van der Waals surface area contributed by atoms with Gasteiger partial charge in [0, 0.05) is 17.3 Å². The normalized spacial score (nSPS) is 13.2. The summed E-state index contributed by atoms with van der Waals surface area (Å²) in [7, 11) is 0. The van der Waals surface area contributed by atoms with E-state index in [1.165, 1.54) is 18.3 Å². The highest BCUT2D eigenvalue weighted by Crippen LogP contribution is 2.29. The number of nitrogens with one attached hydrogen (secondary N) is 4. The van der Waals surface area contributed by atoms with Gasteiger partial charge in [0.2, 0.25) is 17.7 Å². The van der Waals surface area contributed by atoms with Gasteiger partial charge in [-0.1, -0.05) is 30.3 Å². The van der Waals surface area contributed by atoms with Gasteiger partial charge >= 0.3 is 6.18 Å². The lowest BCUT2D eigenvalue weighted by Crippen LogP contribution is -2.58. The number of carbonyl (C=O) groups excluding carboxylic acids is 3. The number of hydrogen-bond donors (Lipinski definition) is 8. The maximum absolute atomic E-state index is 13.4. The highest BCUT2D eigenvalue weighted by atomic mass is 19.4. The fraction of sp³-hybridized carbons (Fsp3) is 0.400. The number of rotatable bonds is 16. The van der Waals surface area contributed by atoms with Crippen LogP contribution in [0, 0.1) is 0 Å². The number of amides is 3. The predicted molar refractivity (Wildman–Crippen MR) is 165 cm³/mol. The van der Waals surface area contributed by atoms with E-state index in [0.717, 1.165) is 17.5 Å². The molecule has 12 nitrogen and oxygen atoms in total. The average Bonchev–Trinajstić information content (AvgIpc) is 3.00. The van der Waals surface area contributed by atoms with Crippen molar-refractivity contribution in [3.63, 3.8) is 0 Å². The number of carbonyl (C=O) groups is 3. The zero-order valence-electron chi connectivity index (χ0n) is 24.7. The van der Waals surface area contributed by atoms with Crippen LogP contribution in [0.25, 0.3) is 10.9 Å². The van der Waals surface area contributed by atoms with Crippen LogP contribution in [0.2, 0.25) is 0 Å². The molecule has 3 amide bonds. The molecule has 15 heteroatoms. The Morgan fingerprint density at radius 3 is 2.09 bits per heavy atom. The molecule has 0 saturated heterocycles. The summed E-state index contributed by atoms with van der Waals surface area (Å²) in [4.78, 5) is 43.4. The lowest BCUT2D eigenvalue weighted by Gasteiger charge is -2.34. The number of anilines is 1. The minimum atomic E-state index is -4.53. The van der Waals surface area contributed by atoms with Gasteiger partial charge in [0.1, 0.15) is 6.04 Å². The van der Waals surface area contributed by atoms with Crippen molar-refractivity contribution in [2.45, 2.75) is 55.9 Å². The minimum absolute atomic E-state index is 0.156. The van der Waals surface area contributed by atoms with Crippen LogP contribution in [0.15, 0.2) is 60.8 Å². The molecule has 0 aliphatic heterocycles. The first-order valence-corrected chi connectivity index (χ1v) is 14.4. The molecule has 0 aliphatic rings. The molecule has 0 saturated carbocycles. The number of halogens is 3. The number of hydrazine groups is 1. The van der Waals surface area contributed by atoms with Crippen molar-refractivity contribution in [2.24, 2.45) is 22.9 Å². The maximum atomic E-state index is 13.4. The monoisotopic (exact) mass is 631 g/mol. The molecular weight excluding hydrogens is 591 g/mol. The standard InChI is InChI=1S/C30H40F3N9O3/c31-30(32,33)21-7-5-19(6-8-21)15-25(28(45)39-22-16-20-3-1-2-4-24(20)38-18-22)40-27(44)23(37)17-26(43)41-42-29(9-12-34,10-13-35)11-14-36/h1-8,16,18,23,25,42H,9-15,17,34-37H2,(H,39,45)(H,40,44)(H,41,43). The SMILES string of the molecule is NCCC(CCN)(CCN)NNC(=O)CC(N)C(=O)NC(Cc1ccc(C(F)(F)F)cc1)C(=O)Nc1cnc2ccccc2c1. The smallest absolute Gasteiger partial charge is 0.343 e. The number of nitrogens with zero attached hydrogens (tertiary/aromatic N) is 1. The van der Waals surface area contributed by atoms with Gasteiger partial charge in [-0.15, -0.1) is 0 Å². The molecule has 244 valence electrons. The first-order valence-electron chi connectivity index (χ1n) is 14.4. The van der Waals surface area contributed by atoms with E-state index in [1.807, 2.05) is 18.2 Å². The number of para-hydroxylation sites is 1. The second-order valence-corrected chi connectivity index (χ2v) is 10.7. The van der Waals surface area contributed by atoms with Gasteiger partial charge in [0.05, 0.1) is 35.4 Å². The summed E-state index contributed by atoms with van der Waals surface area (Å²) in [5.41, 5.74) is 28.6. The first-order chi connectivity index (χ1) is 21.4. The molecule has 2 atom stereocenters. The Kier molecular flexibility index (Phi) is 12.8. The molecule has 3 rings (SSSR count). The van der Waals surface area contributed by atoms with Crippen LogP contribution in [0.5, 0.6) is 0 Å². The molecule has 12 N–H and O–H groups in total. The third kappa shape index (κ3) is 10.5. The van der Waals surface area contributed by atoms with E-state index >= 15 is 0 Å². The van der Waals surface area contributed by atoms with Crippen LogP contribution in [0.4, 0.5) is 18.9 Å². The Bertz CT molecular complexity index is 1420. The van der Waals surface area contributed by atoms with Gasteiger partial charge in [-0.05, 0) is 68.7 Å². The molecule has 45 heavy (non-hydrogen) atoms. The van der Waals surface area contributed by atoms with Crippen molar-refractivity contribution in [1.29, 1.82) is 0 Å². The van der Waals surface area contributed by atoms with E-state index in [0.29, 0.717) is 55.7 Å². The molecule has 0 aliphatic carbocycles. The van der Waals surface area contributed by atoms with E-state index in [2.05, 4.69) is 26.5 Å². The summed E-state index contributed by atoms with van der Waals surface area (Å²) in [6, 6.07) is 10.6. The second-order valence-electron chi connectivity index (χ2n) is 10.7. The third-order valence-electron chi connectivity index (χ3n) is 7.29. The van der Waals surface area contributed by atoms with E-state index < -0.39 is 53.5 Å². The highest BCUT2D eigenvalue weighted by molar-refractivity contribution is 5.99. The molecule has 3 aromatic rings. The fourth-order valence-corrected chi connectivity index (χ4v) is 4.86. The summed E-state index contributed by atoms with van der Waals surface area (Å²) in [5.74, 6) is -2.07. The van der Waals surface area contributed by atoms with E-state index in [-0.39, 0.29) is 6.42 Å². The summed E-state index contributed by atoms with van der Waals surface area (Å²) >= 11 is 0. The van der Waals surface area contributed by atoms with Gasteiger partial charge < -0.3 is 33.6 Å². The van der Waals surface area contributed by atoms with Crippen LogP contribution in [0.1, 0.15) is 36.8 Å². The zero-order valence-corrected chi connectivity index (χ0v) is 24.7. The number of fused-ring (bicyclic) bond motifs is 1. The molecule has 2 unspecified atom stereocenters. The van der Waals surface area contributed by atoms with Crippen LogP contribution >= 0.6 is 0 Å². The lowest BCUT2D eigenvalue weighted by atomic mass is 9.88. The first kappa shape index (κ1) is 35.3. The van der Waals surface area contributed by atoms with Gasteiger partial charge in [0.25, 0.3) is 0 Å². The summed E-state index contributed by atoms with van der Waals surface area (Å²) in [6.45, 7) is 0.966. The molecule has 0 fully saturated rings. The molecule has 2 aromatic carbocycles. The molecular formula is C30H40F3N9O3. The molecule has 0 spiro atoms. The average molecular weight is 632 g/mol. The number of alkyl halides is 3. The van der Waals surface area contributed by atoms with Crippen molar-refractivity contribution in [1.82, 2.24) is 21.2 Å². The Balaban J connectivity index is 1.72. The number of benzene rings is 2. The van der Waals surface area contributed by atoms with Gasteiger partial charge in [-0.2, -0.15) is 13.2 Å². The number of pyridine rings is 1. The summed E-state index contributed by atoms with van der Waals surface area (Å²) < 4.78 is 39.2. The van der Waals surface area contributed by atoms with E-state index in [4.69, 9.17) is 22.9 Å². The Morgan fingerprint density at radius 1 is 0.867 bits per heavy atom. The number of aromatic nitrogens is 1. The van der Waals surface area contributed by atoms with Crippen molar-refractivity contribution in [3.8, 4) is 0 Å². The van der Waals surface area contributed by atoms with Crippen LogP contribution < -0.4 is 44.4 Å². The largest absolute Gasteiger partial charge is 0.416 e. The number of hydrogen-bond acceptors (Lipinski definition) is 9. The van der Waals surface area contributed by atoms with E-state index in [1.54, 1.807) is 12.1 Å². The Labute approximate surface area is 258 Å². The Morgan fingerprint density at radius 2 is 1.49 bits per heavy atom. The fourth-order valence-electron chi connectivity index (χ4n) is 4.86.